The van der Waals surface area contributed by atoms with Gasteiger partial charge in [-0.25, -0.2) is 0 Å². The zero-order valence-corrected chi connectivity index (χ0v) is 8.03. The maximum Gasteiger partial charge on any atom is 0.0580 e. The van der Waals surface area contributed by atoms with E-state index in [4.69, 9.17) is 5.73 Å². The number of nitrogen functional groups attached to an aromatic ring is 1. The summed E-state index contributed by atoms with van der Waals surface area (Å²) < 4.78 is 0. The zero-order valence-electron chi connectivity index (χ0n) is 8.03. The Kier molecular flexibility index (Phi) is 3.77. The van der Waals surface area contributed by atoms with Crippen molar-refractivity contribution in [2.24, 2.45) is 0 Å². The predicted molar refractivity (Wildman–Crippen MR) is 55.5 cm³/mol. The molecule has 0 saturated carbocycles. The molecule has 0 amide bonds. The summed E-state index contributed by atoms with van der Waals surface area (Å²) >= 11 is 0. The Labute approximate surface area is 79.4 Å². The second-order valence-electron chi connectivity index (χ2n) is 3.39. The summed E-state index contributed by atoms with van der Waals surface area (Å²) in [6.07, 6.45) is 2.41. The molecule has 1 aromatic carbocycles. The van der Waals surface area contributed by atoms with E-state index < -0.39 is 0 Å². The lowest BCUT2D eigenvalue weighted by Gasteiger charge is -2.08. The standard InChI is InChI=1S/C11H17NO/c1-2-3-11(13)8-9-4-6-10(12)7-5-9/h4-7,11,13H,2-3,8,12H2,1H3/t11-/m0/s1. The average molecular weight is 179 g/mol. The normalized spacial score (nSPS) is 12.8. The molecule has 0 aromatic heterocycles. The van der Waals surface area contributed by atoms with Gasteiger partial charge in [0.25, 0.3) is 0 Å². The van der Waals surface area contributed by atoms with Crippen molar-refractivity contribution in [3.8, 4) is 0 Å². The first-order valence-corrected chi connectivity index (χ1v) is 4.75. The van der Waals surface area contributed by atoms with Gasteiger partial charge < -0.3 is 10.8 Å². The van der Waals surface area contributed by atoms with Crippen LogP contribution < -0.4 is 5.73 Å². The minimum Gasteiger partial charge on any atom is -0.399 e. The fraction of sp³-hybridized carbons (Fsp3) is 0.455. The fourth-order valence-electron chi connectivity index (χ4n) is 1.36. The maximum atomic E-state index is 9.54. The third-order valence-electron chi connectivity index (χ3n) is 2.07. The van der Waals surface area contributed by atoms with Crippen molar-refractivity contribution in [3.63, 3.8) is 0 Å². The van der Waals surface area contributed by atoms with Crippen LogP contribution in [0, 0.1) is 0 Å². The molecule has 72 valence electrons. The zero-order chi connectivity index (χ0) is 9.68. The molecule has 2 nitrogen and oxygen atoms in total. The van der Waals surface area contributed by atoms with Crippen molar-refractivity contribution >= 4 is 5.69 Å². The summed E-state index contributed by atoms with van der Waals surface area (Å²) in [4.78, 5) is 0. The number of rotatable bonds is 4. The number of aliphatic hydroxyl groups excluding tert-OH is 1. The van der Waals surface area contributed by atoms with Gasteiger partial charge in [0.1, 0.15) is 0 Å². The van der Waals surface area contributed by atoms with Gasteiger partial charge in [0.05, 0.1) is 6.10 Å². The van der Waals surface area contributed by atoms with Crippen molar-refractivity contribution in [3.05, 3.63) is 29.8 Å². The van der Waals surface area contributed by atoms with Crippen LogP contribution in [0.1, 0.15) is 25.3 Å². The Morgan fingerprint density at radius 3 is 2.46 bits per heavy atom. The summed E-state index contributed by atoms with van der Waals surface area (Å²) in [6.45, 7) is 2.08. The largest absolute Gasteiger partial charge is 0.399 e. The molecule has 0 fully saturated rings. The number of hydrogen-bond acceptors (Lipinski definition) is 2. The maximum absolute atomic E-state index is 9.54. The van der Waals surface area contributed by atoms with E-state index in [1.165, 1.54) is 0 Å². The Hall–Kier alpha value is -1.02. The molecule has 0 radical (unpaired) electrons. The number of anilines is 1. The summed E-state index contributed by atoms with van der Waals surface area (Å²) in [5.74, 6) is 0. The summed E-state index contributed by atoms with van der Waals surface area (Å²) in [5.41, 5.74) is 7.47. The Morgan fingerprint density at radius 1 is 1.31 bits per heavy atom. The van der Waals surface area contributed by atoms with Gasteiger partial charge in [0, 0.05) is 5.69 Å². The molecule has 1 rings (SSSR count). The number of hydrogen-bond donors (Lipinski definition) is 2. The van der Waals surface area contributed by atoms with Crippen molar-refractivity contribution in [1.82, 2.24) is 0 Å². The van der Waals surface area contributed by atoms with Crippen LogP contribution in [-0.2, 0) is 6.42 Å². The van der Waals surface area contributed by atoms with Crippen LogP contribution in [0.5, 0.6) is 0 Å². The molecular weight excluding hydrogens is 162 g/mol. The van der Waals surface area contributed by atoms with Crippen LogP contribution >= 0.6 is 0 Å². The van der Waals surface area contributed by atoms with Crippen LogP contribution in [-0.4, -0.2) is 11.2 Å². The van der Waals surface area contributed by atoms with E-state index in [9.17, 15) is 5.11 Å². The lowest BCUT2D eigenvalue weighted by atomic mass is 10.0. The van der Waals surface area contributed by atoms with Gasteiger partial charge in [0.15, 0.2) is 0 Å². The molecule has 0 heterocycles. The molecule has 2 heteroatoms. The molecule has 0 aliphatic rings. The first-order chi connectivity index (χ1) is 6.22. The van der Waals surface area contributed by atoms with Gasteiger partial charge in [-0.05, 0) is 30.5 Å². The number of aliphatic hydroxyl groups is 1. The van der Waals surface area contributed by atoms with Gasteiger partial charge in [-0.1, -0.05) is 25.5 Å². The lowest BCUT2D eigenvalue weighted by Crippen LogP contribution is -2.09. The van der Waals surface area contributed by atoms with Crippen molar-refractivity contribution < 1.29 is 5.11 Å². The first-order valence-electron chi connectivity index (χ1n) is 4.75. The minimum atomic E-state index is -0.214. The van der Waals surface area contributed by atoms with E-state index in [0.29, 0.717) is 0 Å². The van der Waals surface area contributed by atoms with Gasteiger partial charge >= 0.3 is 0 Å². The smallest absolute Gasteiger partial charge is 0.0580 e. The van der Waals surface area contributed by atoms with Gasteiger partial charge in [-0.15, -0.1) is 0 Å². The molecule has 0 bridgehead atoms. The molecule has 0 unspecified atom stereocenters. The predicted octanol–water partition coefficient (Wildman–Crippen LogP) is 1.97. The second-order valence-corrected chi connectivity index (χ2v) is 3.39. The molecule has 0 spiro atoms. The molecule has 1 aromatic rings. The monoisotopic (exact) mass is 179 g/mol. The fourth-order valence-corrected chi connectivity index (χ4v) is 1.36. The third-order valence-corrected chi connectivity index (χ3v) is 2.07. The van der Waals surface area contributed by atoms with Gasteiger partial charge in [-0.2, -0.15) is 0 Å². The summed E-state index contributed by atoms with van der Waals surface area (Å²) in [7, 11) is 0. The van der Waals surface area contributed by atoms with E-state index in [1.54, 1.807) is 0 Å². The SMILES string of the molecule is CCC[C@H](O)Cc1ccc(N)cc1. The highest BCUT2D eigenvalue weighted by molar-refractivity contribution is 5.39. The summed E-state index contributed by atoms with van der Waals surface area (Å²) in [5, 5.41) is 9.54. The van der Waals surface area contributed by atoms with Gasteiger partial charge in [0.2, 0.25) is 0 Å². The third kappa shape index (κ3) is 3.47. The Morgan fingerprint density at radius 2 is 1.92 bits per heavy atom. The number of nitrogens with two attached hydrogens (primary N) is 1. The quantitative estimate of drug-likeness (QED) is 0.694. The molecular formula is C11H17NO. The van der Waals surface area contributed by atoms with Crippen LogP contribution in [0.2, 0.25) is 0 Å². The Bertz CT molecular complexity index is 243. The topological polar surface area (TPSA) is 46.2 Å². The highest BCUT2D eigenvalue weighted by Gasteiger charge is 2.03. The number of benzene rings is 1. The molecule has 13 heavy (non-hydrogen) atoms. The van der Waals surface area contributed by atoms with Crippen LogP contribution in [0.15, 0.2) is 24.3 Å². The molecule has 1 atom stereocenters. The highest BCUT2D eigenvalue weighted by atomic mass is 16.3. The van der Waals surface area contributed by atoms with E-state index >= 15 is 0 Å². The van der Waals surface area contributed by atoms with Crippen LogP contribution in [0.3, 0.4) is 0 Å². The first kappa shape index (κ1) is 10.1. The molecule has 3 N–H and O–H groups in total. The van der Waals surface area contributed by atoms with Gasteiger partial charge in [-0.3, -0.25) is 0 Å². The van der Waals surface area contributed by atoms with E-state index in [0.717, 1.165) is 30.5 Å². The van der Waals surface area contributed by atoms with E-state index in [-0.39, 0.29) is 6.10 Å². The van der Waals surface area contributed by atoms with Crippen molar-refractivity contribution in [2.45, 2.75) is 32.3 Å². The second kappa shape index (κ2) is 4.87. The Balaban J connectivity index is 2.49. The molecule has 0 saturated heterocycles. The van der Waals surface area contributed by atoms with Crippen LogP contribution in [0.4, 0.5) is 5.69 Å². The van der Waals surface area contributed by atoms with E-state index in [1.807, 2.05) is 24.3 Å². The van der Waals surface area contributed by atoms with Crippen LogP contribution in [0.25, 0.3) is 0 Å². The minimum absolute atomic E-state index is 0.214. The molecule has 0 aliphatic carbocycles. The summed E-state index contributed by atoms with van der Waals surface area (Å²) in [6, 6.07) is 7.67. The van der Waals surface area contributed by atoms with Crippen molar-refractivity contribution in [2.75, 3.05) is 5.73 Å². The van der Waals surface area contributed by atoms with E-state index in [2.05, 4.69) is 6.92 Å². The van der Waals surface area contributed by atoms with Crippen molar-refractivity contribution in [1.29, 1.82) is 0 Å². The molecule has 0 aliphatic heterocycles. The lowest BCUT2D eigenvalue weighted by molar-refractivity contribution is 0.164. The average Bonchev–Trinajstić information content (AvgIpc) is 2.09. The highest BCUT2D eigenvalue weighted by Crippen LogP contribution is 2.10.